The van der Waals surface area contributed by atoms with Crippen LogP contribution in [0.1, 0.15) is 70.0 Å². The molecule has 1 heterocycles. The number of allylic oxidation sites excluding steroid dienone is 2. The van der Waals surface area contributed by atoms with Crippen molar-refractivity contribution in [3.63, 3.8) is 0 Å². The van der Waals surface area contributed by atoms with Crippen LogP contribution in [0.25, 0.3) is 10.6 Å². The third-order valence-corrected chi connectivity index (χ3v) is 6.17. The lowest BCUT2D eigenvalue weighted by atomic mass is 10.1. The van der Waals surface area contributed by atoms with E-state index in [1.165, 1.54) is 11.8 Å². The highest BCUT2D eigenvalue weighted by atomic mass is 32.2. The Hall–Kier alpha value is -2.64. The van der Waals surface area contributed by atoms with Gasteiger partial charge in [0, 0.05) is 40.7 Å². The molecular weight excluding hydrogens is 435 g/mol. The Bertz CT molecular complexity index is 992. The minimum absolute atomic E-state index is 0.0478. The van der Waals surface area contributed by atoms with Gasteiger partial charge in [-0.25, -0.2) is 14.4 Å². The van der Waals surface area contributed by atoms with E-state index in [0.29, 0.717) is 6.54 Å². The average molecular weight is 471 g/mol. The first-order valence-electron chi connectivity index (χ1n) is 11.1. The average Bonchev–Trinajstić information content (AvgIpc) is 2.80. The van der Waals surface area contributed by atoms with Gasteiger partial charge < -0.3 is 10.1 Å². The summed E-state index contributed by atoms with van der Waals surface area (Å²) in [5, 5.41) is 3.30. The van der Waals surface area contributed by atoms with E-state index in [0.717, 1.165) is 45.9 Å². The normalized spacial score (nSPS) is 13.5. The quantitative estimate of drug-likeness (QED) is 0.344. The van der Waals surface area contributed by atoms with Gasteiger partial charge in [0.25, 0.3) is 0 Å². The highest BCUT2D eigenvalue weighted by Gasteiger charge is 2.22. The Balaban J connectivity index is 2.23. The smallest absolute Gasteiger partial charge is 0.216 e. The number of ether oxygens (including phenoxy) is 1. The van der Waals surface area contributed by atoms with Gasteiger partial charge >= 0.3 is 0 Å². The summed E-state index contributed by atoms with van der Waals surface area (Å²) < 4.78 is 20.0. The number of aromatic nitrogens is 2. The van der Waals surface area contributed by atoms with Crippen LogP contribution >= 0.6 is 11.8 Å². The van der Waals surface area contributed by atoms with E-state index in [1.807, 2.05) is 19.1 Å². The SMILES string of the molecule is C=C(NCc1cnc(C(C)(N)F)nc1)c1cc(OC(CC)CC)cc(C(=C)S/C(C)=C\C)c1. The van der Waals surface area contributed by atoms with Crippen molar-refractivity contribution in [2.24, 2.45) is 5.73 Å². The topological polar surface area (TPSA) is 73.1 Å². The van der Waals surface area contributed by atoms with Gasteiger partial charge in [-0.05, 0) is 62.3 Å². The van der Waals surface area contributed by atoms with Crippen LogP contribution in [0.4, 0.5) is 4.39 Å². The highest BCUT2D eigenvalue weighted by Crippen LogP contribution is 2.35. The van der Waals surface area contributed by atoms with E-state index >= 15 is 0 Å². The van der Waals surface area contributed by atoms with Crippen LogP contribution in [0.15, 0.2) is 54.7 Å². The Labute approximate surface area is 201 Å². The molecule has 0 aliphatic carbocycles. The monoisotopic (exact) mass is 470 g/mol. The molecule has 3 N–H and O–H groups in total. The van der Waals surface area contributed by atoms with Gasteiger partial charge in [-0.2, -0.15) is 0 Å². The standard InChI is InChI=1S/C26H35FN4OS/c1-8-17(4)33-19(6)22-11-21(12-24(13-22)32-23(9-2)10-3)18(5)29-14-20-15-30-25(31-16-20)26(7,27)28/h8,11-13,15-16,23,29H,5-6,9-10,14,28H2,1-4,7H3/b17-8-. The number of hydrogen-bond donors (Lipinski definition) is 2. The van der Waals surface area contributed by atoms with Crippen molar-refractivity contribution in [3.05, 3.63) is 77.2 Å². The van der Waals surface area contributed by atoms with Crippen LogP contribution in [0.2, 0.25) is 0 Å². The lowest BCUT2D eigenvalue weighted by Crippen LogP contribution is -2.29. The van der Waals surface area contributed by atoms with Gasteiger partial charge in [-0.3, -0.25) is 5.73 Å². The van der Waals surface area contributed by atoms with Crippen molar-refractivity contribution in [1.29, 1.82) is 0 Å². The number of rotatable bonds is 12. The fourth-order valence-corrected chi connectivity index (χ4v) is 3.71. The van der Waals surface area contributed by atoms with Gasteiger partial charge in [0.2, 0.25) is 5.79 Å². The third-order valence-electron chi connectivity index (χ3n) is 5.13. The maximum absolute atomic E-state index is 13.8. The number of nitrogens with zero attached hydrogens (tertiary/aromatic N) is 2. The van der Waals surface area contributed by atoms with Gasteiger partial charge in [-0.15, -0.1) is 0 Å². The molecule has 0 radical (unpaired) electrons. The molecule has 0 spiro atoms. The Kier molecular flexibility index (Phi) is 9.68. The van der Waals surface area contributed by atoms with E-state index in [9.17, 15) is 4.39 Å². The van der Waals surface area contributed by atoms with E-state index < -0.39 is 5.79 Å². The summed E-state index contributed by atoms with van der Waals surface area (Å²) in [6.07, 6.45) is 7.18. The first-order chi connectivity index (χ1) is 15.6. The predicted molar refractivity (Wildman–Crippen MR) is 138 cm³/mol. The molecule has 1 aromatic carbocycles. The Morgan fingerprint density at radius 2 is 1.82 bits per heavy atom. The first-order valence-corrected chi connectivity index (χ1v) is 11.9. The van der Waals surface area contributed by atoms with Crippen molar-refractivity contribution < 1.29 is 9.13 Å². The number of alkyl halides is 1. The summed E-state index contributed by atoms with van der Waals surface area (Å²) in [5.74, 6) is -1.32. The van der Waals surface area contributed by atoms with Crippen molar-refractivity contribution in [1.82, 2.24) is 15.3 Å². The van der Waals surface area contributed by atoms with Crippen molar-refractivity contribution >= 4 is 22.4 Å². The second-order valence-corrected chi connectivity index (χ2v) is 9.39. The van der Waals surface area contributed by atoms with E-state index in [2.05, 4.69) is 61.4 Å². The summed E-state index contributed by atoms with van der Waals surface area (Å²) in [4.78, 5) is 10.2. The fraction of sp³-hybridized carbons (Fsp3) is 0.385. The van der Waals surface area contributed by atoms with Gasteiger partial charge in [0.1, 0.15) is 5.75 Å². The van der Waals surface area contributed by atoms with Crippen molar-refractivity contribution in [2.75, 3.05) is 0 Å². The zero-order chi connectivity index (χ0) is 24.6. The zero-order valence-corrected chi connectivity index (χ0v) is 21.1. The largest absolute Gasteiger partial charge is 0.490 e. The maximum Gasteiger partial charge on any atom is 0.216 e. The van der Waals surface area contributed by atoms with Crippen LogP contribution in [0.3, 0.4) is 0 Å². The molecule has 2 rings (SSSR count). The molecule has 2 aromatic rings. The molecule has 0 fully saturated rings. The number of halogens is 1. The molecular formula is C26H35FN4OS. The Morgan fingerprint density at radius 1 is 1.21 bits per heavy atom. The minimum atomic E-state index is -2.06. The van der Waals surface area contributed by atoms with Crippen molar-refractivity contribution in [3.8, 4) is 5.75 Å². The lowest BCUT2D eigenvalue weighted by Gasteiger charge is -2.19. The summed E-state index contributed by atoms with van der Waals surface area (Å²) in [6.45, 7) is 18.4. The highest BCUT2D eigenvalue weighted by molar-refractivity contribution is 8.11. The van der Waals surface area contributed by atoms with Gasteiger partial charge in [-0.1, -0.05) is 44.8 Å². The summed E-state index contributed by atoms with van der Waals surface area (Å²) in [6, 6.07) is 6.07. The molecule has 0 aliphatic rings. The zero-order valence-electron chi connectivity index (χ0n) is 20.2. The maximum atomic E-state index is 13.8. The molecule has 0 amide bonds. The predicted octanol–water partition coefficient (Wildman–Crippen LogP) is 6.53. The molecule has 1 aromatic heterocycles. The fourth-order valence-electron chi connectivity index (χ4n) is 2.97. The van der Waals surface area contributed by atoms with Crippen LogP contribution in [-0.4, -0.2) is 16.1 Å². The second-order valence-electron chi connectivity index (χ2n) is 8.05. The van der Waals surface area contributed by atoms with E-state index in [4.69, 9.17) is 10.5 Å². The molecule has 0 saturated carbocycles. The van der Waals surface area contributed by atoms with Crippen LogP contribution in [0, 0.1) is 0 Å². The van der Waals surface area contributed by atoms with Gasteiger partial charge in [0.15, 0.2) is 5.82 Å². The first kappa shape index (κ1) is 26.6. The summed E-state index contributed by atoms with van der Waals surface area (Å²) in [5.41, 5.74) is 8.81. The van der Waals surface area contributed by atoms with E-state index in [1.54, 1.807) is 24.2 Å². The van der Waals surface area contributed by atoms with Crippen LogP contribution in [-0.2, 0) is 12.3 Å². The molecule has 178 valence electrons. The van der Waals surface area contributed by atoms with Crippen molar-refractivity contribution in [2.45, 2.75) is 65.9 Å². The molecule has 0 aliphatic heterocycles. The number of hydrogen-bond acceptors (Lipinski definition) is 6. The summed E-state index contributed by atoms with van der Waals surface area (Å²) >= 11 is 1.63. The third kappa shape index (κ3) is 8.02. The molecule has 7 heteroatoms. The van der Waals surface area contributed by atoms with Crippen LogP contribution < -0.4 is 15.8 Å². The molecule has 1 unspecified atom stereocenters. The molecule has 0 saturated heterocycles. The molecule has 1 atom stereocenters. The number of nitrogens with one attached hydrogen (secondary N) is 1. The number of nitrogens with two attached hydrogens (primary N) is 1. The van der Waals surface area contributed by atoms with Gasteiger partial charge in [0.05, 0.1) is 6.10 Å². The second kappa shape index (κ2) is 12.0. The summed E-state index contributed by atoms with van der Waals surface area (Å²) in [7, 11) is 0. The molecule has 5 nitrogen and oxygen atoms in total. The van der Waals surface area contributed by atoms with Crippen LogP contribution in [0.5, 0.6) is 5.75 Å². The minimum Gasteiger partial charge on any atom is -0.490 e. The Morgan fingerprint density at radius 3 is 2.36 bits per heavy atom. The number of thioether (sulfide) groups is 1. The molecule has 0 bridgehead atoms. The van der Waals surface area contributed by atoms with E-state index in [-0.39, 0.29) is 11.9 Å². The number of benzene rings is 1. The lowest BCUT2D eigenvalue weighted by molar-refractivity contribution is 0.188. The molecule has 33 heavy (non-hydrogen) atoms.